The Hall–Kier alpha value is -3.87. The Labute approximate surface area is 174 Å². The lowest BCUT2D eigenvalue weighted by Gasteiger charge is -2.07. The van der Waals surface area contributed by atoms with E-state index in [2.05, 4.69) is 15.8 Å². The molecule has 154 valence electrons. The summed E-state index contributed by atoms with van der Waals surface area (Å²) in [7, 11) is 0. The number of ether oxygens (including phenoxy) is 1. The second kappa shape index (κ2) is 10.1. The Morgan fingerprint density at radius 1 is 1.07 bits per heavy atom. The van der Waals surface area contributed by atoms with Gasteiger partial charge < -0.3 is 15.2 Å². The number of nitrogens with zero attached hydrogens (tertiary/aromatic N) is 1. The van der Waals surface area contributed by atoms with Crippen LogP contribution in [-0.2, 0) is 4.79 Å². The number of carbonyl (C=O) groups is 2. The van der Waals surface area contributed by atoms with Gasteiger partial charge in [-0.15, -0.1) is 0 Å². The molecule has 0 unspecified atom stereocenters. The van der Waals surface area contributed by atoms with Crippen molar-refractivity contribution in [3.05, 3.63) is 71.8 Å². The van der Waals surface area contributed by atoms with Crippen molar-refractivity contribution in [1.82, 2.24) is 10.7 Å². The number of carbonyl (C=O) groups excluding carboxylic acids is 2. The third-order valence-corrected chi connectivity index (χ3v) is 4.33. The number of hydrogen-bond acceptors (Lipinski definition) is 5. The van der Waals surface area contributed by atoms with E-state index in [-0.39, 0.29) is 18.2 Å². The lowest BCUT2D eigenvalue weighted by atomic mass is 10.0. The standard InChI is InChI=1S/C23H23N3O4/c1-2-13-30-18-10-7-17(8-11-18)23(29)24-15-22(28)26-25-14-20-19-6-4-3-5-16(19)9-12-21(20)27/h3-12,14,27H,2,13,15H2,1H3,(H,24,29)(H,26,28). The number of phenols is 1. The molecule has 2 amide bonds. The van der Waals surface area contributed by atoms with Crippen LogP contribution in [-0.4, -0.2) is 36.3 Å². The molecule has 0 radical (unpaired) electrons. The fourth-order valence-electron chi connectivity index (χ4n) is 2.81. The van der Waals surface area contributed by atoms with Crippen molar-refractivity contribution < 1.29 is 19.4 Å². The number of phenolic OH excluding ortho intramolecular Hbond substituents is 1. The molecule has 0 saturated heterocycles. The molecular formula is C23H23N3O4. The Morgan fingerprint density at radius 2 is 1.83 bits per heavy atom. The molecule has 0 aromatic heterocycles. The van der Waals surface area contributed by atoms with Crippen LogP contribution in [0.4, 0.5) is 0 Å². The minimum atomic E-state index is -0.484. The summed E-state index contributed by atoms with van der Waals surface area (Å²) in [6, 6.07) is 17.6. The minimum absolute atomic E-state index is 0.0614. The fourth-order valence-corrected chi connectivity index (χ4v) is 2.81. The van der Waals surface area contributed by atoms with E-state index in [9.17, 15) is 14.7 Å². The molecule has 0 saturated carbocycles. The van der Waals surface area contributed by atoms with E-state index in [0.29, 0.717) is 23.5 Å². The van der Waals surface area contributed by atoms with Gasteiger partial charge in [-0.25, -0.2) is 5.43 Å². The molecule has 0 aliphatic rings. The SMILES string of the molecule is CCCOc1ccc(C(=O)NCC(=O)NN=Cc2c(O)ccc3ccccc23)cc1. The molecule has 3 rings (SSSR count). The number of nitrogens with one attached hydrogen (secondary N) is 2. The largest absolute Gasteiger partial charge is 0.507 e. The van der Waals surface area contributed by atoms with Gasteiger partial charge in [0.05, 0.1) is 19.4 Å². The molecule has 3 aromatic rings. The maximum absolute atomic E-state index is 12.2. The zero-order valence-corrected chi connectivity index (χ0v) is 16.6. The lowest BCUT2D eigenvalue weighted by Crippen LogP contribution is -2.34. The molecule has 7 nitrogen and oxygen atoms in total. The Kier molecular flexibility index (Phi) is 7.00. The van der Waals surface area contributed by atoms with Crippen LogP contribution in [0.15, 0.2) is 65.8 Å². The average molecular weight is 405 g/mol. The maximum Gasteiger partial charge on any atom is 0.259 e. The molecule has 0 bridgehead atoms. The van der Waals surface area contributed by atoms with Crippen molar-refractivity contribution in [2.24, 2.45) is 5.10 Å². The number of amides is 2. The monoisotopic (exact) mass is 405 g/mol. The lowest BCUT2D eigenvalue weighted by molar-refractivity contribution is -0.120. The first kappa shape index (κ1) is 20.9. The highest BCUT2D eigenvalue weighted by Crippen LogP contribution is 2.25. The summed E-state index contributed by atoms with van der Waals surface area (Å²) in [4.78, 5) is 24.1. The van der Waals surface area contributed by atoms with Crippen molar-refractivity contribution in [3.63, 3.8) is 0 Å². The van der Waals surface area contributed by atoms with Gasteiger partial charge >= 0.3 is 0 Å². The number of rotatable bonds is 8. The summed E-state index contributed by atoms with van der Waals surface area (Å²) in [5.74, 6) is -0.103. The molecule has 7 heteroatoms. The molecule has 0 heterocycles. The normalized spacial score (nSPS) is 10.8. The Balaban J connectivity index is 1.53. The van der Waals surface area contributed by atoms with E-state index in [1.165, 1.54) is 6.21 Å². The fraction of sp³-hybridized carbons (Fsp3) is 0.174. The van der Waals surface area contributed by atoms with Crippen LogP contribution < -0.4 is 15.5 Å². The molecule has 0 spiro atoms. The highest BCUT2D eigenvalue weighted by atomic mass is 16.5. The number of hydrazone groups is 1. The first-order chi connectivity index (χ1) is 14.6. The van der Waals surface area contributed by atoms with Crippen LogP contribution in [0, 0.1) is 0 Å². The molecule has 0 fully saturated rings. The summed E-state index contributed by atoms with van der Waals surface area (Å²) in [6.45, 7) is 2.40. The van der Waals surface area contributed by atoms with Crippen molar-refractivity contribution in [2.75, 3.05) is 13.2 Å². The Bertz CT molecular complexity index is 1060. The quantitative estimate of drug-likeness (QED) is 0.396. The topological polar surface area (TPSA) is 100 Å². The van der Waals surface area contributed by atoms with Gasteiger partial charge in [-0.3, -0.25) is 9.59 Å². The number of hydrogen-bond donors (Lipinski definition) is 3. The summed E-state index contributed by atoms with van der Waals surface area (Å²) in [5, 5.41) is 18.3. The van der Waals surface area contributed by atoms with Gasteiger partial charge in [0, 0.05) is 11.1 Å². The van der Waals surface area contributed by atoms with Crippen molar-refractivity contribution >= 4 is 28.8 Å². The van der Waals surface area contributed by atoms with Gasteiger partial charge in [-0.2, -0.15) is 5.10 Å². The first-order valence-corrected chi connectivity index (χ1v) is 9.62. The Morgan fingerprint density at radius 3 is 2.60 bits per heavy atom. The van der Waals surface area contributed by atoms with E-state index in [1.807, 2.05) is 31.2 Å². The summed E-state index contributed by atoms with van der Waals surface area (Å²) in [6.07, 6.45) is 2.28. The highest BCUT2D eigenvalue weighted by Gasteiger charge is 2.08. The van der Waals surface area contributed by atoms with Gasteiger partial charge in [-0.1, -0.05) is 37.3 Å². The molecule has 3 N–H and O–H groups in total. The first-order valence-electron chi connectivity index (χ1n) is 9.62. The zero-order valence-electron chi connectivity index (χ0n) is 16.6. The van der Waals surface area contributed by atoms with Crippen molar-refractivity contribution in [1.29, 1.82) is 0 Å². The average Bonchev–Trinajstić information content (AvgIpc) is 2.78. The number of fused-ring (bicyclic) bond motifs is 1. The molecule has 30 heavy (non-hydrogen) atoms. The maximum atomic E-state index is 12.2. The molecule has 0 aliphatic carbocycles. The molecular weight excluding hydrogens is 382 g/mol. The smallest absolute Gasteiger partial charge is 0.259 e. The van der Waals surface area contributed by atoms with Gasteiger partial charge in [0.25, 0.3) is 11.8 Å². The zero-order chi connectivity index (χ0) is 21.3. The number of benzene rings is 3. The van der Waals surface area contributed by atoms with Crippen molar-refractivity contribution in [3.8, 4) is 11.5 Å². The summed E-state index contributed by atoms with van der Waals surface area (Å²) in [5.41, 5.74) is 3.28. The second-order valence-electron chi connectivity index (χ2n) is 6.57. The molecule has 0 aliphatic heterocycles. The van der Waals surface area contributed by atoms with Gasteiger partial charge in [0.1, 0.15) is 11.5 Å². The summed E-state index contributed by atoms with van der Waals surface area (Å²) >= 11 is 0. The van der Waals surface area contributed by atoms with Gasteiger partial charge in [0.2, 0.25) is 0 Å². The van der Waals surface area contributed by atoms with E-state index >= 15 is 0 Å². The highest BCUT2D eigenvalue weighted by molar-refractivity contribution is 6.02. The predicted molar refractivity (Wildman–Crippen MR) is 116 cm³/mol. The van der Waals surface area contributed by atoms with Crippen LogP contribution in [0.2, 0.25) is 0 Å². The van der Waals surface area contributed by atoms with Crippen LogP contribution in [0.25, 0.3) is 10.8 Å². The van der Waals surface area contributed by atoms with E-state index in [0.717, 1.165) is 17.2 Å². The van der Waals surface area contributed by atoms with E-state index in [4.69, 9.17) is 4.74 Å². The minimum Gasteiger partial charge on any atom is -0.507 e. The van der Waals surface area contributed by atoms with E-state index in [1.54, 1.807) is 36.4 Å². The third-order valence-electron chi connectivity index (χ3n) is 4.33. The third kappa shape index (κ3) is 5.35. The number of aromatic hydroxyl groups is 1. The molecule has 0 atom stereocenters. The van der Waals surface area contributed by atoms with Crippen LogP contribution >= 0.6 is 0 Å². The van der Waals surface area contributed by atoms with Crippen LogP contribution in [0.3, 0.4) is 0 Å². The van der Waals surface area contributed by atoms with Crippen molar-refractivity contribution in [2.45, 2.75) is 13.3 Å². The van der Waals surface area contributed by atoms with Crippen LogP contribution in [0.5, 0.6) is 11.5 Å². The molecule has 3 aromatic carbocycles. The van der Waals surface area contributed by atoms with Crippen LogP contribution in [0.1, 0.15) is 29.3 Å². The van der Waals surface area contributed by atoms with E-state index < -0.39 is 5.91 Å². The van der Waals surface area contributed by atoms with Gasteiger partial charge in [0.15, 0.2) is 0 Å². The summed E-state index contributed by atoms with van der Waals surface area (Å²) < 4.78 is 5.47. The van der Waals surface area contributed by atoms with Gasteiger partial charge in [-0.05, 0) is 47.5 Å². The predicted octanol–water partition coefficient (Wildman–Crippen LogP) is 3.21. The second-order valence-corrected chi connectivity index (χ2v) is 6.57.